The first-order valence-electron chi connectivity index (χ1n) is 5.80. The number of para-hydroxylation sites is 1. The first-order chi connectivity index (χ1) is 9.27. The lowest BCUT2D eigenvalue weighted by Crippen LogP contribution is -2.05. The van der Waals surface area contributed by atoms with Gasteiger partial charge in [-0.3, -0.25) is 10.1 Å². The van der Waals surface area contributed by atoms with E-state index < -0.39 is 4.92 Å². The third-order valence-corrected chi connectivity index (χ3v) is 2.55. The molecule has 2 aromatic rings. The van der Waals surface area contributed by atoms with Gasteiger partial charge >= 0.3 is 0 Å². The molecule has 0 amide bonds. The van der Waals surface area contributed by atoms with E-state index in [4.69, 9.17) is 0 Å². The number of nitrogens with zero attached hydrogens (tertiary/aromatic N) is 2. The quantitative estimate of drug-likeness (QED) is 0.507. The molecule has 1 N–H and O–H groups in total. The molecule has 2 aromatic carbocycles. The summed E-state index contributed by atoms with van der Waals surface area (Å²) in [5.74, 6) is 0. The predicted octanol–water partition coefficient (Wildman–Crippen LogP) is 2.72. The summed E-state index contributed by atoms with van der Waals surface area (Å²) in [6, 6.07) is 16.3. The van der Waals surface area contributed by atoms with E-state index in [1.54, 1.807) is 18.2 Å². The number of rotatable bonds is 5. The summed E-state index contributed by atoms with van der Waals surface area (Å²) in [6.45, 7) is 0.581. The Hall–Kier alpha value is -2.69. The highest BCUT2D eigenvalue weighted by molar-refractivity contribution is 5.84. The first kappa shape index (κ1) is 12.8. The fourth-order valence-corrected chi connectivity index (χ4v) is 1.61. The highest BCUT2D eigenvalue weighted by Crippen LogP contribution is 2.14. The van der Waals surface area contributed by atoms with E-state index in [-0.39, 0.29) is 5.69 Å². The van der Waals surface area contributed by atoms with Crippen LogP contribution >= 0.6 is 0 Å². The zero-order chi connectivity index (χ0) is 13.5. The van der Waals surface area contributed by atoms with Gasteiger partial charge in [-0.25, -0.2) is 0 Å². The van der Waals surface area contributed by atoms with Crippen molar-refractivity contribution in [3.63, 3.8) is 0 Å². The molecule has 0 bridgehead atoms. The van der Waals surface area contributed by atoms with Crippen LogP contribution in [0.5, 0.6) is 0 Å². The largest absolute Gasteiger partial charge is 0.306 e. The fourth-order valence-electron chi connectivity index (χ4n) is 1.61. The monoisotopic (exact) mass is 255 g/mol. The molecule has 0 fully saturated rings. The van der Waals surface area contributed by atoms with Crippen LogP contribution in [0.2, 0.25) is 0 Å². The topological polar surface area (TPSA) is 67.5 Å². The molecule has 0 saturated carbocycles. The molecule has 0 aliphatic heterocycles. The van der Waals surface area contributed by atoms with E-state index >= 15 is 0 Å². The van der Waals surface area contributed by atoms with Crippen molar-refractivity contribution < 1.29 is 4.92 Å². The van der Waals surface area contributed by atoms with E-state index in [1.807, 2.05) is 30.3 Å². The second-order valence-electron chi connectivity index (χ2n) is 3.89. The lowest BCUT2D eigenvalue weighted by atomic mass is 10.2. The van der Waals surface area contributed by atoms with Gasteiger partial charge in [0.25, 0.3) is 5.69 Å². The summed E-state index contributed by atoms with van der Waals surface area (Å²) in [5.41, 5.74) is 4.49. The van der Waals surface area contributed by atoms with Crippen LogP contribution in [0.25, 0.3) is 0 Å². The summed E-state index contributed by atoms with van der Waals surface area (Å²) in [5, 5.41) is 14.8. The predicted molar refractivity (Wildman–Crippen MR) is 74.0 cm³/mol. The van der Waals surface area contributed by atoms with Crippen LogP contribution in [0.15, 0.2) is 59.7 Å². The highest BCUT2D eigenvalue weighted by Gasteiger charge is 2.09. The molecule has 2 rings (SSSR count). The molecule has 0 atom stereocenters. The SMILES string of the molecule is O=[N+]([O-])c1ccccc1C=NNCc1ccccc1. The van der Waals surface area contributed by atoms with Gasteiger partial charge in [0.05, 0.1) is 23.2 Å². The Labute approximate surface area is 110 Å². The minimum atomic E-state index is -0.418. The molecule has 0 unspecified atom stereocenters. The van der Waals surface area contributed by atoms with Gasteiger partial charge in [0, 0.05) is 6.07 Å². The molecule has 0 spiro atoms. The van der Waals surface area contributed by atoms with Gasteiger partial charge in [0.2, 0.25) is 0 Å². The first-order valence-corrected chi connectivity index (χ1v) is 5.80. The number of benzene rings is 2. The summed E-state index contributed by atoms with van der Waals surface area (Å²) in [6.07, 6.45) is 1.46. The molecule has 19 heavy (non-hydrogen) atoms. The van der Waals surface area contributed by atoms with Gasteiger partial charge in [0.15, 0.2) is 0 Å². The molecule has 0 aliphatic rings. The van der Waals surface area contributed by atoms with Crippen molar-refractivity contribution in [2.45, 2.75) is 6.54 Å². The number of hydrogen-bond donors (Lipinski definition) is 1. The van der Waals surface area contributed by atoms with Crippen molar-refractivity contribution in [3.8, 4) is 0 Å². The molecule has 5 heteroatoms. The third-order valence-electron chi connectivity index (χ3n) is 2.55. The third kappa shape index (κ3) is 3.64. The molecule has 0 heterocycles. The number of hydrazone groups is 1. The van der Waals surface area contributed by atoms with Crippen LogP contribution < -0.4 is 5.43 Å². The molecule has 0 aromatic heterocycles. The minimum Gasteiger partial charge on any atom is -0.306 e. The van der Waals surface area contributed by atoms with Crippen LogP contribution in [-0.4, -0.2) is 11.1 Å². The average molecular weight is 255 g/mol. The maximum absolute atomic E-state index is 10.8. The molecular formula is C14H13N3O2. The van der Waals surface area contributed by atoms with E-state index in [2.05, 4.69) is 10.5 Å². The van der Waals surface area contributed by atoms with E-state index in [0.717, 1.165) is 5.56 Å². The van der Waals surface area contributed by atoms with Crippen molar-refractivity contribution in [3.05, 3.63) is 75.8 Å². The van der Waals surface area contributed by atoms with Crippen LogP contribution in [0.4, 0.5) is 5.69 Å². The maximum Gasteiger partial charge on any atom is 0.278 e. The lowest BCUT2D eigenvalue weighted by Gasteiger charge is -2.00. The van der Waals surface area contributed by atoms with Crippen LogP contribution in [0.3, 0.4) is 0 Å². The van der Waals surface area contributed by atoms with Gasteiger partial charge in [-0.15, -0.1) is 0 Å². The smallest absolute Gasteiger partial charge is 0.278 e. The Morgan fingerprint density at radius 2 is 1.79 bits per heavy atom. The van der Waals surface area contributed by atoms with Crippen molar-refractivity contribution >= 4 is 11.9 Å². The molecule has 96 valence electrons. The second kappa shape index (κ2) is 6.30. The summed E-state index contributed by atoms with van der Waals surface area (Å²) in [4.78, 5) is 10.4. The van der Waals surface area contributed by atoms with Gasteiger partial charge < -0.3 is 5.43 Å². The fraction of sp³-hybridized carbons (Fsp3) is 0.0714. The normalized spacial score (nSPS) is 10.5. The Bertz CT molecular complexity index is 582. The number of nitro benzene ring substituents is 1. The summed E-state index contributed by atoms with van der Waals surface area (Å²) >= 11 is 0. The lowest BCUT2D eigenvalue weighted by molar-refractivity contribution is -0.385. The Morgan fingerprint density at radius 3 is 2.53 bits per heavy atom. The number of hydrogen-bond acceptors (Lipinski definition) is 4. The van der Waals surface area contributed by atoms with Crippen LogP contribution in [-0.2, 0) is 6.54 Å². The minimum absolute atomic E-state index is 0.0489. The number of nitro groups is 1. The van der Waals surface area contributed by atoms with Crippen molar-refractivity contribution in [1.29, 1.82) is 0 Å². The Morgan fingerprint density at radius 1 is 1.11 bits per heavy atom. The maximum atomic E-state index is 10.8. The molecule has 5 nitrogen and oxygen atoms in total. The summed E-state index contributed by atoms with van der Waals surface area (Å²) < 4.78 is 0. The van der Waals surface area contributed by atoms with E-state index in [1.165, 1.54) is 12.3 Å². The average Bonchev–Trinajstić information content (AvgIpc) is 2.45. The molecule has 0 radical (unpaired) electrons. The van der Waals surface area contributed by atoms with E-state index in [9.17, 15) is 10.1 Å². The zero-order valence-electron chi connectivity index (χ0n) is 10.2. The van der Waals surface area contributed by atoms with Crippen molar-refractivity contribution in [1.82, 2.24) is 5.43 Å². The van der Waals surface area contributed by atoms with Crippen molar-refractivity contribution in [2.24, 2.45) is 5.10 Å². The highest BCUT2D eigenvalue weighted by atomic mass is 16.6. The zero-order valence-corrected chi connectivity index (χ0v) is 10.2. The van der Waals surface area contributed by atoms with Gasteiger partial charge in [0.1, 0.15) is 0 Å². The molecular weight excluding hydrogens is 242 g/mol. The van der Waals surface area contributed by atoms with Crippen molar-refractivity contribution in [2.75, 3.05) is 0 Å². The molecule has 0 aliphatic carbocycles. The Kier molecular flexibility index (Phi) is 4.23. The Balaban J connectivity index is 1.98. The van der Waals surface area contributed by atoms with Crippen LogP contribution in [0, 0.1) is 10.1 Å². The number of nitrogens with one attached hydrogen (secondary N) is 1. The van der Waals surface area contributed by atoms with Gasteiger partial charge in [-0.2, -0.15) is 5.10 Å². The van der Waals surface area contributed by atoms with Gasteiger partial charge in [-0.05, 0) is 11.6 Å². The molecule has 0 saturated heterocycles. The second-order valence-corrected chi connectivity index (χ2v) is 3.89. The van der Waals surface area contributed by atoms with E-state index in [0.29, 0.717) is 12.1 Å². The standard InChI is InChI=1S/C14H13N3O2/c18-17(19)14-9-5-4-8-13(14)11-16-15-10-12-6-2-1-3-7-12/h1-9,11,15H,10H2. The summed E-state index contributed by atoms with van der Waals surface area (Å²) in [7, 11) is 0. The van der Waals surface area contributed by atoms with Crippen LogP contribution in [0.1, 0.15) is 11.1 Å². The van der Waals surface area contributed by atoms with Gasteiger partial charge in [-0.1, -0.05) is 42.5 Å².